The van der Waals surface area contributed by atoms with Crippen molar-refractivity contribution in [2.75, 3.05) is 18.4 Å². The van der Waals surface area contributed by atoms with E-state index in [0.717, 1.165) is 22.3 Å². The van der Waals surface area contributed by atoms with E-state index in [1.165, 1.54) is 9.87 Å². The lowest BCUT2D eigenvalue weighted by atomic mass is 9.97. The van der Waals surface area contributed by atoms with Crippen LogP contribution in [0.5, 0.6) is 0 Å². The first kappa shape index (κ1) is 27.1. The second kappa shape index (κ2) is 10.8. The van der Waals surface area contributed by atoms with Crippen LogP contribution in [0.4, 0.5) is 5.69 Å². The summed E-state index contributed by atoms with van der Waals surface area (Å²) in [6.45, 7) is 10.1. The first-order chi connectivity index (χ1) is 17.5. The minimum atomic E-state index is -3.85. The van der Waals surface area contributed by atoms with Crippen LogP contribution in [-0.4, -0.2) is 36.9 Å². The van der Waals surface area contributed by atoms with Crippen molar-refractivity contribution in [3.63, 3.8) is 0 Å². The van der Waals surface area contributed by atoms with Gasteiger partial charge in [0, 0.05) is 29.7 Å². The largest absolute Gasteiger partial charge is 0.355 e. The number of nitrogens with zero attached hydrogens (tertiary/aromatic N) is 2. The molecular weight excluding hydrogens is 510 g/mol. The summed E-state index contributed by atoms with van der Waals surface area (Å²) in [5, 5.41) is 7.43. The standard InChI is InChI=1S/C28H32ClN3O4S/c1-17-14-19(3)24(20(4)15-17)8-9-26-27(21(5)31-36-26)37(34,35)32-12-10-22(11-13-32)28(33)30-23-7-6-18(2)25(29)16-23/h6-9,14-16,22H,10-13H2,1-5H3,(H,30,33). The SMILES string of the molecule is Cc1cc(C)c(C=Cc2onc(C)c2S(=O)(=O)N2CCC(C(=O)Nc3ccc(C)c(Cl)c3)CC2)c(C)c1. The molecule has 9 heteroatoms. The molecular formula is C28H32ClN3O4S. The van der Waals surface area contributed by atoms with Gasteiger partial charge < -0.3 is 9.84 Å². The number of hydrogen-bond acceptors (Lipinski definition) is 5. The zero-order chi connectivity index (χ0) is 26.9. The van der Waals surface area contributed by atoms with Crippen molar-refractivity contribution in [2.45, 2.75) is 52.4 Å². The summed E-state index contributed by atoms with van der Waals surface area (Å²) < 4.78 is 34.0. The Labute approximate surface area is 223 Å². The number of anilines is 1. The molecule has 3 aromatic rings. The zero-order valence-electron chi connectivity index (χ0n) is 21.8. The number of sulfonamides is 1. The van der Waals surface area contributed by atoms with Gasteiger partial charge >= 0.3 is 0 Å². The first-order valence-electron chi connectivity index (χ1n) is 12.3. The summed E-state index contributed by atoms with van der Waals surface area (Å²) in [5.74, 6) is -0.222. The van der Waals surface area contributed by atoms with E-state index >= 15 is 0 Å². The van der Waals surface area contributed by atoms with Crippen molar-refractivity contribution in [3.8, 4) is 0 Å². The van der Waals surface area contributed by atoms with Gasteiger partial charge in [0.2, 0.25) is 15.9 Å². The van der Waals surface area contributed by atoms with E-state index in [-0.39, 0.29) is 35.6 Å². The topological polar surface area (TPSA) is 92.5 Å². The van der Waals surface area contributed by atoms with Gasteiger partial charge in [0.1, 0.15) is 5.69 Å². The number of carbonyl (C=O) groups excluding carboxylic acids is 1. The predicted molar refractivity (Wildman–Crippen MR) is 147 cm³/mol. The van der Waals surface area contributed by atoms with Crippen LogP contribution in [-0.2, 0) is 14.8 Å². The van der Waals surface area contributed by atoms with Gasteiger partial charge in [0.15, 0.2) is 10.7 Å². The average molecular weight is 542 g/mol. The lowest BCUT2D eigenvalue weighted by Gasteiger charge is -2.30. The quantitative estimate of drug-likeness (QED) is 0.408. The summed E-state index contributed by atoms with van der Waals surface area (Å²) in [5.41, 5.74) is 6.26. The van der Waals surface area contributed by atoms with Crippen molar-refractivity contribution < 1.29 is 17.7 Å². The number of aromatic nitrogens is 1. The van der Waals surface area contributed by atoms with Crippen LogP contribution in [0.3, 0.4) is 0 Å². The summed E-state index contributed by atoms with van der Waals surface area (Å²) in [6.07, 6.45) is 4.38. The van der Waals surface area contributed by atoms with Crippen LogP contribution in [0.15, 0.2) is 39.8 Å². The maximum Gasteiger partial charge on any atom is 0.248 e. The number of aryl methyl sites for hydroxylation is 5. The Hall–Kier alpha value is -2.94. The lowest BCUT2D eigenvalue weighted by molar-refractivity contribution is -0.120. The Morgan fingerprint density at radius 2 is 1.68 bits per heavy atom. The molecule has 0 bridgehead atoms. The first-order valence-corrected chi connectivity index (χ1v) is 14.1. The van der Waals surface area contributed by atoms with Gasteiger partial charge in [-0.3, -0.25) is 4.79 Å². The van der Waals surface area contributed by atoms with Gasteiger partial charge in [-0.15, -0.1) is 0 Å². The molecule has 196 valence electrons. The summed E-state index contributed by atoms with van der Waals surface area (Å²) in [4.78, 5) is 12.9. The van der Waals surface area contributed by atoms with Crippen molar-refractivity contribution in [1.82, 2.24) is 9.46 Å². The molecule has 7 nitrogen and oxygen atoms in total. The van der Waals surface area contributed by atoms with Gasteiger partial charge in [-0.25, -0.2) is 8.42 Å². The number of hydrogen-bond donors (Lipinski definition) is 1. The molecule has 1 amide bonds. The van der Waals surface area contributed by atoms with Gasteiger partial charge in [0.25, 0.3) is 0 Å². The molecule has 1 aliphatic heterocycles. The van der Waals surface area contributed by atoms with Gasteiger partial charge in [-0.05, 0) is 87.9 Å². The molecule has 1 fully saturated rings. The van der Waals surface area contributed by atoms with E-state index in [2.05, 4.69) is 22.6 Å². The summed E-state index contributed by atoms with van der Waals surface area (Å²) >= 11 is 6.16. The number of benzene rings is 2. The Morgan fingerprint density at radius 1 is 1.03 bits per heavy atom. The fourth-order valence-electron chi connectivity index (χ4n) is 4.81. The Morgan fingerprint density at radius 3 is 2.30 bits per heavy atom. The second-order valence-electron chi connectivity index (χ2n) is 9.74. The predicted octanol–water partition coefficient (Wildman–Crippen LogP) is 6.08. The molecule has 0 aliphatic carbocycles. The second-order valence-corrected chi connectivity index (χ2v) is 12.0. The highest BCUT2D eigenvalue weighted by atomic mass is 35.5. The van der Waals surface area contributed by atoms with Crippen LogP contribution in [0, 0.1) is 40.5 Å². The van der Waals surface area contributed by atoms with Gasteiger partial charge in [-0.2, -0.15) is 4.31 Å². The molecule has 0 atom stereocenters. The van der Waals surface area contributed by atoms with Gasteiger partial charge in [0.05, 0.1) is 0 Å². The van der Waals surface area contributed by atoms with Crippen LogP contribution in [0.1, 0.15) is 52.1 Å². The number of nitrogens with one attached hydrogen (secondary N) is 1. The van der Waals surface area contributed by atoms with Crippen LogP contribution in [0.2, 0.25) is 5.02 Å². The molecule has 0 saturated carbocycles. The molecule has 37 heavy (non-hydrogen) atoms. The molecule has 0 unspecified atom stereocenters. The fourth-order valence-corrected chi connectivity index (χ4v) is 6.71. The van der Waals surface area contributed by atoms with Crippen LogP contribution in [0.25, 0.3) is 12.2 Å². The number of rotatable bonds is 6. The number of amides is 1. The third-order valence-corrected chi connectivity index (χ3v) is 9.30. The number of carbonyl (C=O) groups is 1. The molecule has 4 rings (SSSR count). The van der Waals surface area contributed by atoms with Crippen molar-refractivity contribution in [3.05, 3.63) is 74.6 Å². The van der Waals surface area contributed by atoms with E-state index in [1.54, 1.807) is 19.1 Å². The average Bonchev–Trinajstić information content (AvgIpc) is 3.22. The summed E-state index contributed by atoms with van der Waals surface area (Å²) in [6, 6.07) is 9.55. The Balaban J connectivity index is 1.48. The third kappa shape index (κ3) is 5.81. The molecule has 1 N–H and O–H groups in total. The van der Waals surface area contributed by atoms with E-state index < -0.39 is 10.0 Å². The molecule has 1 saturated heterocycles. The fraction of sp³-hybridized carbons (Fsp3) is 0.357. The van der Waals surface area contributed by atoms with Gasteiger partial charge in [-0.1, -0.05) is 46.6 Å². The maximum absolute atomic E-state index is 13.6. The highest BCUT2D eigenvalue weighted by Crippen LogP contribution is 2.30. The Bertz CT molecular complexity index is 1450. The minimum Gasteiger partial charge on any atom is -0.355 e. The Kier molecular flexibility index (Phi) is 7.92. The monoisotopic (exact) mass is 541 g/mol. The normalized spacial score (nSPS) is 15.4. The highest BCUT2D eigenvalue weighted by Gasteiger charge is 2.36. The molecule has 0 radical (unpaired) electrons. The third-order valence-electron chi connectivity index (χ3n) is 6.83. The van der Waals surface area contributed by atoms with E-state index in [4.69, 9.17) is 16.1 Å². The molecule has 1 aromatic heterocycles. The zero-order valence-corrected chi connectivity index (χ0v) is 23.3. The number of halogens is 1. The van der Waals surface area contributed by atoms with Crippen LogP contribution >= 0.6 is 11.6 Å². The molecule has 2 aromatic carbocycles. The number of piperidine rings is 1. The maximum atomic E-state index is 13.6. The van der Waals surface area contributed by atoms with Crippen molar-refractivity contribution in [2.24, 2.45) is 5.92 Å². The van der Waals surface area contributed by atoms with Crippen LogP contribution < -0.4 is 5.32 Å². The van der Waals surface area contributed by atoms with E-state index in [9.17, 15) is 13.2 Å². The summed E-state index contributed by atoms with van der Waals surface area (Å²) in [7, 11) is -3.85. The minimum absolute atomic E-state index is 0.0726. The smallest absolute Gasteiger partial charge is 0.248 e. The lowest BCUT2D eigenvalue weighted by Crippen LogP contribution is -2.41. The molecule has 1 aliphatic rings. The van der Waals surface area contributed by atoms with Crippen molar-refractivity contribution in [1.29, 1.82) is 0 Å². The highest BCUT2D eigenvalue weighted by molar-refractivity contribution is 7.89. The van der Waals surface area contributed by atoms with Crippen molar-refractivity contribution >= 4 is 45.4 Å². The molecule has 2 heterocycles. The van der Waals surface area contributed by atoms with E-state index in [0.29, 0.717) is 29.2 Å². The molecule has 0 spiro atoms. The van der Waals surface area contributed by atoms with E-state index in [1.807, 2.05) is 45.9 Å².